The highest BCUT2D eigenvalue weighted by molar-refractivity contribution is 9.10. The number of carbonyl (C=O) groups excluding carboxylic acids is 1. The molecule has 14 heavy (non-hydrogen) atoms. The molecule has 2 nitrogen and oxygen atoms in total. The summed E-state index contributed by atoms with van der Waals surface area (Å²) in [5.74, 6) is 5.40. The maximum Gasteiger partial charge on any atom is 0.175 e. The Labute approximate surface area is 91.6 Å². The number of hydrogen-bond donors (Lipinski definition) is 1. The third-order valence-electron chi connectivity index (χ3n) is 1.72. The summed E-state index contributed by atoms with van der Waals surface area (Å²) in [6, 6.07) is 5.16. The van der Waals surface area contributed by atoms with Crippen LogP contribution in [0.5, 0.6) is 0 Å². The maximum absolute atomic E-state index is 11.6. The Bertz CT molecular complexity index is 415. The molecule has 0 saturated carbocycles. The molecule has 0 amide bonds. The molecule has 2 N–H and O–H groups in total. The summed E-state index contributed by atoms with van der Waals surface area (Å²) in [5.41, 5.74) is 6.76. The third-order valence-corrected chi connectivity index (χ3v) is 2.41. The van der Waals surface area contributed by atoms with Crippen molar-refractivity contribution in [1.82, 2.24) is 0 Å². The molecule has 1 aromatic carbocycles. The number of ketones is 1. The zero-order valence-corrected chi connectivity index (χ0v) is 9.39. The second-order valence-corrected chi connectivity index (χ2v) is 3.62. The topological polar surface area (TPSA) is 43.1 Å². The van der Waals surface area contributed by atoms with E-state index in [2.05, 4.69) is 27.8 Å². The lowest BCUT2D eigenvalue weighted by Crippen LogP contribution is -2.00. The van der Waals surface area contributed by atoms with Gasteiger partial charge >= 0.3 is 0 Å². The van der Waals surface area contributed by atoms with Gasteiger partial charge in [0.1, 0.15) is 0 Å². The third kappa shape index (κ3) is 2.61. The molecule has 0 atom stereocenters. The number of anilines is 1. The second-order valence-electron chi connectivity index (χ2n) is 2.77. The summed E-state index contributed by atoms with van der Waals surface area (Å²) in [5, 5.41) is 0. The first kappa shape index (κ1) is 10.8. The van der Waals surface area contributed by atoms with Gasteiger partial charge in [0.15, 0.2) is 5.78 Å². The molecule has 0 fully saturated rings. The van der Waals surface area contributed by atoms with Crippen LogP contribution >= 0.6 is 15.9 Å². The Morgan fingerprint density at radius 1 is 1.57 bits per heavy atom. The Hall–Kier alpha value is -1.27. The van der Waals surface area contributed by atoms with Crippen LogP contribution in [0.2, 0.25) is 0 Å². The van der Waals surface area contributed by atoms with Crippen LogP contribution in [0.25, 0.3) is 0 Å². The Morgan fingerprint density at radius 2 is 2.29 bits per heavy atom. The van der Waals surface area contributed by atoms with Crippen molar-refractivity contribution >= 4 is 27.4 Å². The van der Waals surface area contributed by atoms with E-state index in [0.717, 1.165) is 4.47 Å². The monoisotopic (exact) mass is 251 g/mol. The van der Waals surface area contributed by atoms with Crippen LogP contribution in [0.3, 0.4) is 0 Å². The van der Waals surface area contributed by atoms with Crippen LogP contribution in [0, 0.1) is 11.8 Å². The molecule has 0 spiro atoms. The molecule has 1 rings (SSSR count). The first-order chi connectivity index (χ1) is 6.65. The van der Waals surface area contributed by atoms with E-state index in [-0.39, 0.29) is 12.2 Å². The van der Waals surface area contributed by atoms with Crippen molar-refractivity contribution in [2.24, 2.45) is 0 Å². The van der Waals surface area contributed by atoms with Gasteiger partial charge in [-0.25, -0.2) is 0 Å². The van der Waals surface area contributed by atoms with E-state index in [4.69, 9.17) is 5.73 Å². The first-order valence-corrected chi connectivity index (χ1v) is 4.92. The van der Waals surface area contributed by atoms with Gasteiger partial charge in [-0.15, -0.1) is 5.92 Å². The lowest BCUT2D eigenvalue weighted by atomic mass is 10.1. The van der Waals surface area contributed by atoms with Crippen molar-refractivity contribution in [2.45, 2.75) is 13.3 Å². The quantitative estimate of drug-likeness (QED) is 0.499. The van der Waals surface area contributed by atoms with Crippen LogP contribution in [-0.4, -0.2) is 5.78 Å². The molecule has 0 unspecified atom stereocenters. The minimum Gasteiger partial charge on any atom is -0.399 e. The highest BCUT2D eigenvalue weighted by Gasteiger charge is 2.08. The van der Waals surface area contributed by atoms with Gasteiger partial charge in [0.05, 0.1) is 6.42 Å². The Morgan fingerprint density at radius 3 is 2.93 bits per heavy atom. The van der Waals surface area contributed by atoms with Gasteiger partial charge in [-0.2, -0.15) is 0 Å². The van der Waals surface area contributed by atoms with Gasteiger partial charge in [-0.05, 0) is 25.1 Å². The highest BCUT2D eigenvalue weighted by Crippen LogP contribution is 2.20. The van der Waals surface area contributed by atoms with Crippen LogP contribution < -0.4 is 5.73 Å². The normalized spacial score (nSPS) is 9.00. The van der Waals surface area contributed by atoms with E-state index in [1.54, 1.807) is 25.1 Å². The summed E-state index contributed by atoms with van der Waals surface area (Å²) in [4.78, 5) is 11.6. The van der Waals surface area contributed by atoms with Crippen LogP contribution in [0.4, 0.5) is 5.69 Å². The van der Waals surface area contributed by atoms with Crippen LogP contribution in [0.15, 0.2) is 22.7 Å². The zero-order chi connectivity index (χ0) is 10.6. The van der Waals surface area contributed by atoms with E-state index in [1.165, 1.54) is 0 Å². The summed E-state index contributed by atoms with van der Waals surface area (Å²) < 4.78 is 0.759. The van der Waals surface area contributed by atoms with Gasteiger partial charge in [-0.1, -0.05) is 21.9 Å². The fraction of sp³-hybridized carbons (Fsp3) is 0.182. The highest BCUT2D eigenvalue weighted by atomic mass is 79.9. The Kier molecular flexibility index (Phi) is 3.73. The van der Waals surface area contributed by atoms with Gasteiger partial charge in [-0.3, -0.25) is 4.79 Å². The fourth-order valence-corrected chi connectivity index (χ4v) is 1.49. The molecule has 0 radical (unpaired) electrons. The average Bonchev–Trinajstić information content (AvgIpc) is 2.18. The van der Waals surface area contributed by atoms with Crippen molar-refractivity contribution in [3.8, 4) is 11.8 Å². The minimum atomic E-state index is -0.0153. The number of carbonyl (C=O) groups is 1. The molecule has 0 aliphatic heterocycles. The molecule has 0 aliphatic carbocycles. The number of nitrogen functional groups attached to an aromatic ring is 1. The standard InChI is InChI=1S/C11H10BrNO/c1-2-3-4-11(14)9-7-8(13)5-6-10(9)12/h5-7H,4,13H2,1H3. The van der Waals surface area contributed by atoms with Crippen molar-refractivity contribution < 1.29 is 4.79 Å². The predicted octanol–water partition coefficient (Wildman–Crippen LogP) is 2.63. The van der Waals surface area contributed by atoms with E-state index < -0.39 is 0 Å². The Balaban J connectivity index is 2.98. The lowest BCUT2D eigenvalue weighted by Gasteiger charge is -2.02. The number of rotatable bonds is 2. The molecular weight excluding hydrogens is 242 g/mol. The molecule has 0 aromatic heterocycles. The number of nitrogens with two attached hydrogens (primary N) is 1. The van der Waals surface area contributed by atoms with E-state index in [1.807, 2.05) is 0 Å². The van der Waals surface area contributed by atoms with Gasteiger partial charge < -0.3 is 5.73 Å². The molecular formula is C11H10BrNO. The first-order valence-electron chi connectivity index (χ1n) is 4.13. The molecule has 1 aromatic rings. The van der Waals surface area contributed by atoms with Crippen molar-refractivity contribution in [1.29, 1.82) is 0 Å². The van der Waals surface area contributed by atoms with Crippen molar-refractivity contribution in [3.63, 3.8) is 0 Å². The largest absolute Gasteiger partial charge is 0.399 e. The molecule has 0 heterocycles. The second kappa shape index (κ2) is 4.83. The van der Waals surface area contributed by atoms with Gasteiger partial charge in [0, 0.05) is 15.7 Å². The predicted molar refractivity (Wildman–Crippen MR) is 61.0 cm³/mol. The average molecular weight is 252 g/mol. The summed E-state index contributed by atoms with van der Waals surface area (Å²) >= 11 is 3.30. The smallest absolute Gasteiger partial charge is 0.175 e. The van der Waals surface area contributed by atoms with Crippen LogP contribution in [-0.2, 0) is 0 Å². The van der Waals surface area contributed by atoms with Gasteiger partial charge in [0.2, 0.25) is 0 Å². The summed E-state index contributed by atoms with van der Waals surface area (Å²) in [7, 11) is 0. The van der Waals surface area contributed by atoms with E-state index in [9.17, 15) is 4.79 Å². The molecule has 72 valence electrons. The fourth-order valence-electron chi connectivity index (χ4n) is 1.02. The van der Waals surface area contributed by atoms with Crippen molar-refractivity contribution in [2.75, 3.05) is 5.73 Å². The maximum atomic E-state index is 11.6. The summed E-state index contributed by atoms with van der Waals surface area (Å²) in [6.45, 7) is 1.71. The number of benzene rings is 1. The zero-order valence-electron chi connectivity index (χ0n) is 7.80. The molecule has 0 saturated heterocycles. The number of halogens is 1. The summed E-state index contributed by atoms with van der Waals surface area (Å²) in [6.07, 6.45) is 0.235. The molecule has 3 heteroatoms. The van der Waals surface area contributed by atoms with Crippen LogP contribution in [0.1, 0.15) is 23.7 Å². The molecule has 0 bridgehead atoms. The van der Waals surface area contributed by atoms with Gasteiger partial charge in [0.25, 0.3) is 0 Å². The molecule has 0 aliphatic rings. The SMILES string of the molecule is CC#CCC(=O)c1cc(N)ccc1Br. The van der Waals surface area contributed by atoms with Crippen molar-refractivity contribution in [3.05, 3.63) is 28.2 Å². The number of Topliss-reactive ketones (excluding diaryl/α,β-unsaturated/α-hetero) is 1. The number of hydrogen-bond acceptors (Lipinski definition) is 2. The lowest BCUT2D eigenvalue weighted by molar-refractivity contribution is 0.0997. The van der Waals surface area contributed by atoms with E-state index >= 15 is 0 Å². The van der Waals surface area contributed by atoms with E-state index in [0.29, 0.717) is 11.3 Å². The minimum absolute atomic E-state index is 0.0153.